The van der Waals surface area contributed by atoms with E-state index in [1.54, 1.807) is 0 Å². The number of nitrogens with zero attached hydrogens (tertiary/aromatic N) is 3. The number of ether oxygens (including phenoxy) is 1. The van der Waals surface area contributed by atoms with Crippen LogP contribution in [0.15, 0.2) is 16.4 Å². The van der Waals surface area contributed by atoms with E-state index in [1.165, 1.54) is 6.42 Å². The smallest absolute Gasteiger partial charge is 0.200 e. The first-order valence-electron chi connectivity index (χ1n) is 7.35. The average molecular weight is 275 g/mol. The van der Waals surface area contributed by atoms with E-state index in [1.807, 2.05) is 0 Å². The van der Waals surface area contributed by atoms with Crippen LogP contribution in [-0.4, -0.2) is 42.7 Å². The molecule has 3 rings (SSSR count). The summed E-state index contributed by atoms with van der Waals surface area (Å²) >= 11 is 0. The number of nitriles is 1. The molecule has 0 aromatic rings. The molecule has 1 saturated carbocycles. The van der Waals surface area contributed by atoms with Gasteiger partial charge in [-0.15, -0.1) is 0 Å². The number of nitrogens with two attached hydrogens (primary N) is 1. The second-order valence-corrected chi connectivity index (χ2v) is 5.65. The minimum atomic E-state index is -0.393. The molecule has 108 valence electrons. The van der Waals surface area contributed by atoms with Crippen LogP contribution in [0.5, 0.6) is 0 Å². The van der Waals surface area contributed by atoms with Gasteiger partial charge in [-0.1, -0.05) is 19.3 Å². The molecule has 1 saturated heterocycles. The van der Waals surface area contributed by atoms with E-state index >= 15 is 0 Å². The fourth-order valence-corrected chi connectivity index (χ4v) is 3.31. The van der Waals surface area contributed by atoms with Gasteiger partial charge in [-0.05, 0) is 12.8 Å². The van der Waals surface area contributed by atoms with Gasteiger partial charge in [0.25, 0.3) is 0 Å². The first-order chi connectivity index (χ1) is 9.75. The predicted molar refractivity (Wildman–Crippen MR) is 75.6 cm³/mol. The normalized spacial score (nSPS) is 25.9. The third-order valence-electron chi connectivity index (χ3n) is 4.40. The Morgan fingerprint density at radius 1 is 1.25 bits per heavy atom. The number of aliphatic imine (C=N–C) groups is 1. The summed E-state index contributed by atoms with van der Waals surface area (Å²) in [4.78, 5) is 7.08. The highest BCUT2D eigenvalue weighted by Gasteiger charge is 2.41. The van der Waals surface area contributed by atoms with Gasteiger partial charge < -0.3 is 20.7 Å². The van der Waals surface area contributed by atoms with Crippen molar-refractivity contribution in [2.75, 3.05) is 26.3 Å². The van der Waals surface area contributed by atoms with E-state index < -0.39 is 5.54 Å². The molecule has 1 spiro atoms. The van der Waals surface area contributed by atoms with Crippen molar-refractivity contribution in [2.45, 2.75) is 37.6 Å². The maximum absolute atomic E-state index is 9.44. The number of rotatable bonds is 0. The molecule has 0 radical (unpaired) electrons. The van der Waals surface area contributed by atoms with Gasteiger partial charge in [0.05, 0.1) is 18.8 Å². The molecule has 2 heterocycles. The Balaban J connectivity index is 1.92. The number of guanidine groups is 1. The van der Waals surface area contributed by atoms with E-state index in [0.717, 1.165) is 44.7 Å². The quantitative estimate of drug-likeness (QED) is 0.678. The molecule has 20 heavy (non-hydrogen) atoms. The van der Waals surface area contributed by atoms with Gasteiger partial charge in [0, 0.05) is 13.1 Å². The third kappa shape index (κ3) is 2.22. The predicted octanol–water partition coefficient (Wildman–Crippen LogP) is 0.675. The van der Waals surface area contributed by atoms with Crippen LogP contribution >= 0.6 is 0 Å². The summed E-state index contributed by atoms with van der Waals surface area (Å²) in [6.45, 7) is 3.05. The summed E-state index contributed by atoms with van der Waals surface area (Å²) < 4.78 is 5.38. The van der Waals surface area contributed by atoms with Crippen molar-refractivity contribution in [3.05, 3.63) is 11.4 Å². The lowest BCUT2D eigenvalue weighted by molar-refractivity contribution is 0.0660. The molecule has 6 nitrogen and oxygen atoms in total. The molecule has 2 fully saturated rings. The molecule has 0 atom stereocenters. The molecule has 0 amide bonds. The van der Waals surface area contributed by atoms with Crippen LogP contribution in [0, 0.1) is 11.3 Å². The Kier molecular flexibility index (Phi) is 3.53. The van der Waals surface area contributed by atoms with Crippen LogP contribution < -0.4 is 11.1 Å². The lowest BCUT2D eigenvalue weighted by atomic mass is 9.76. The Hall–Kier alpha value is -1.74. The van der Waals surface area contributed by atoms with Crippen LogP contribution in [0.1, 0.15) is 32.1 Å². The van der Waals surface area contributed by atoms with Crippen molar-refractivity contribution in [2.24, 2.45) is 10.7 Å². The highest BCUT2D eigenvalue weighted by molar-refractivity contribution is 5.84. The summed E-state index contributed by atoms with van der Waals surface area (Å²) in [5.41, 5.74) is 6.33. The van der Waals surface area contributed by atoms with Crippen LogP contribution in [0.4, 0.5) is 0 Å². The molecule has 2 aliphatic heterocycles. The Bertz CT molecular complexity index is 478. The molecule has 0 bridgehead atoms. The minimum Gasteiger partial charge on any atom is -0.384 e. The van der Waals surface area contributed by atoms with Gasteiger partial charge in [0.15, 0.2) is 0 Å². The standard InChI is InChI=1S/C14H21N5O/c15-10-11-12(16)17-13(19-6-8-20-9-7-19)18-14(11)4-2-1-3-5-14/h1-9,16H2,(H,17,18). The highest BCUT2D eigenvalue weighted by atomic mass is 16.5. The Morgan fingerprint density at radius 3 is 2.60 bits per heavy atom. The van der Waals surface area contributed by atoms with E-state index in [9.17, 15) is 5.26 Å². The number of hydrogen-bond donors (Lipinski definition) is 2. The Morgan fingerprint density at radius 2 is 1.95 bits per heavy atom. The summed E-state index contributed by atoms with van der Waals surface area (Å²) in [5, 5.41) is 12.6. The molecule has 1 aliphatic carbocycles. The molecule has 0 unspecified atom stereocenters. The summed E-state index contributed by atoms with van der Waals surface area (Å²) in [5.74, 6) is 1.29. The maximum atomic E-state index is 9.44. The average Bonchev–Trinajstić information content (AvgIpc) is 2.49. The molecule has 0 aromatic heterocycles. The fourth-order valence-electron chi connectivity index (χ4n) is 3.31. The monoisotopic (exact) mass is 275 g/mol. The van der Waals surface area contributed by atoms with Gasteiger partial charge in [0.1, 0.15) is 17.4 Å². The Labute approximate surface area is 119 Å². The van der Waals surface area contributed by atoms with Crippen LogP contribution in [0.2, 0.25) is 0 Å². The molecule has 3 aliphatic rings. The van der Waals surface area contributed by atoms with Gasteiger partial charge in [-0.3, -0.25) is 0 Å². The third-order valence-corrected chi connectivity index (χ3v) is 4.40. The van der Waals surface area contributed by atoms with E-state index in [4.69, 9.17) is 15.5 Å². The van der Waals surface area contributed by atoms with Crippen molar-refractivity contribution < 1.29 is 4.74 Å². The van der Waals surface area contributed by atoms with Crippen LogP contribution in [-0.2, 0) is 4.74 Å². The van der Waals surface area contributed by atoms with E-state index in [2.05, 4.69) is 16.3 Å². The van der Waals surface area contributed by atoms with Crippen molar-refractivity contribution in [3.63, 3.8) is 0 Å². The summed E-state index contributed by atoms with van der Waals surface area (Å²) in [7, 11) is 0. The lowest BCUT2D eigenvalue weighted by Crippen LogP contribution is -2.53. The lowest BCUT2D eigenvalue weighted by Gasteiger charge is -2.40. The largest absolute Gasteiger partial charge is 0.384 e. The topological polar surface area (TPSA) is 86.7 Å². The molecule has 3 N–H and O–H groups in total. The maximum Gasteiger partial charge on any atom is 0.200 e. The minimum absolute atomic E-state index is 0.393. The van der Waals surface area contributed by atoms with Crippen LogP contribution in [0.25, 0.3) is 0 Å². The van der Waals surface area contributed by atoms with Crippen molar-refractivity contribution in [3.8, 4) is 6.07 Å². The van der Waals surface area contributed by atoms with Gasteiger partial charge in [-0.2, -0.15) is 5.26 Å². The molecular formula is C14H21N5O. The van der Waals surface area contributed by atoms with Crippen molar-refractivity contribution in [1.82, 2.24) is 10.2 Å². The van der Waals surface area contributed by atoms with Crippen LogP contribution in [0.3, 0.4) is 0 Å². The number of nitrogens with one attached hydrogen (secondary N) is 1. The number of hydrogen-bond acceptors (Lipinski definition) is 6. The second kappa shape index (κ2) is 5.33. The number of morpholine rings is 1. The summed E-state index contributed by atoms with van der Waals surface area (Å²) in [6.07, 6.45) is 5.28. The molecule has 0 aromatic carbocycles. The summed E-state index contributed by atoms with van der Waals surface area (Å²) in [6, 6.07) is 2.28. The van der Waals surface area contributed by atoms with E-state index in [-0.39, 0.29) is 0 Å². The van der Waals surface area contributed by atoms with Crippen molar-refractivity contribution >= 4 is 5.96 Å². The van der Waals surface area contributed by atoms with E-state index in [0.29, 0.717) is 24.6 Å². The first-order valence-corrected chi connectivity index (χ1v) is 7.35. The molecular weight excluding hydrogens is 254 g/mol. The van der Waals surface area contributed by atoms with Gasteiger partial charge in [-0.25, -0.2) is 4.99 Å². The zero-order chi connectivity index (χ0) is 14.0. The fraction of sp³-hybridized carbons (Fsp3) is 0.714. The molecule has 6 heteroatoms. The van der Waals surface area contributed by atoms with Crippen molar-refractivity contribution in [1.29, 1.82) is 5.26 Å². The zero-order valence-corrected chi connectivity index (χ0v) is 11.7. The SMILES string of the molecule is N#CC1=C(N)NC(N2CCOCC2)=NC12CCCCC2. The second-order valence-electron chi connectivity index (χ2n) is 5.65. The van der Waals surface area contributed by atoms with Gasteiger partial charge in [0.2, 0.25) is 5.96 Å². The zero-order valence-electron chi connectivity index (χ0n) is 11.7. The first kappa shape index (κ1) is 13.3. The van der Waals surface area contributed by atoms with Gasteiger partial charge >= 0.3 is 0 Å². The highest BCUT2D eigenvalue weighted by Crippen LogP contribution is 2.39.